The average Bonchev–Trinajstić information content (AvgIpc) is 3.14. The third-order valence-corrected chi connectivity index (χ3v) is 4.35. The summed E-state index contributed by atoms with van der Waals surface area (Å²) in [6.45, 7) is 3.94. The van der Waals surface area contributed by atoms with Gasteiger partial charge in [0.05, 0.1) is 12.6 Å². The van der Waals surface area contributed by atoms with E-state index in [0.717, 1.165) is 5.76 Å². The molecular formula is C15H16N2O5S. The summed E-state index contributed by atoms with van der Waals surface area (Å²) >= 11 is 1.32. The van der Waals surface area contributed by atoms with E-state index in [0.29, 0.717) is 17.3 Å². The molecule has 0 spiro atoms. The van der Waals surface area contributed by atoms with Crippen LogP contribution < -0.4 is 0 Å². The van der Waals surface area contributed by atoms with Gasteiger partial charge in [-0.3, -0.25) is 4.79 Å². The lowest BCUT2D eigenvalue weighted by atomic mass is 10.2. The number of aryl methyl sites for hydroxylation is 1. The number of aromatic nitrogens is 1. The Morgan fingerprint density at radius 1 is 1.39 bits per heavy atom. The van der Waals surface area contributed by atoms with Crippen molar-refractivity contribution in [1.82, 2.24) is 9.88 Å². The molecule has 0 bridgehead atoms. The Kier molecular flexibility index (Phi) is 4.18. The number of carboxylic acid groups (broad SMARTS) is 1. The van der Waals surface area contributed by atoms with Crippen molar-refractivity contribution < 1.29 is 23.8 Å². The minimum absolute atomic E-state index is 0.0191. The number of aliphatic carboxylic acids is 1. The number of hydrogen-bond donors (Lipinski definition) is 1. The molecule has 23 heavy (non-hydrogen) atoms. The van der Waals surface area contributed by atoms with E-state index in [9.17, 15) is 9.59 Å². The molecule has 2 atom stereocenters. The number of furan rings is 1. The molecule has 2 aromatic heterocycles. The minimum atomic E-state index is -1.07. The fourth-order valence-electron chi connectivity index (χ4n) is 2.45. The molecule has 0 aliphatic carbocycles. The number of carbonyl (C=O) groups excluding carboxylic acids is 1. The smallest absolute Gasteiger partial charge is 0.334 e. The van der Waals surface area contributed by atoms with Crippen LogP contribution in [0.15, 0.2) is 21.9 Å². The molecule has 1 aliphatic heterocycles. The molecule has 122 valence electrons. The van der Waals surface area contributed by atoms with Gasteiger partial charge in [-0.25, -0.2) is 9.78 Å². The maximum absolute atomic E-state index is 12.6. The lowest BCUT2D eigenvalue weighted by Gasteiger charge is -2.34. The fraction of sp³-hybridized carbons (Fsp3) is 0.400. The zero-order valence-corrected chi connectivity index (χ0v) is 13.5. The summed E-state index contributed by atoms with van der Waals surface area (Å²) < 4.78 is 10.8. The van der Waals surface area contributed by atoms with Gasteiger partial charge in [-0.05, 0) is 26.0 Å². The lowest BCUT2D eigenvalue weighted by molar-refractivity contribution is -0.160. The van der Waals surface area contributed by atoms with E-state index in [2.05, 4.69) is 4.98 Å². The normalized spacial score (nSPS) is 21.4. The van der Waals surface area contributed by atoms with Crippen LogP contribution in [0, 0.1) is 6.92 Å². The second-order valence-electron chi connectivity index (χ2n) is 5.43. The molecular weight excluding hydrogens is 320 g/mol. The predicted molar refractivity (Wildman–Crippen MR) is 82.4 cm³/mol. The summed E-state index contributed by atoms with van der Waals surface area (Å²) in [4.78, 5) is 29.4. The maximum atomic E-state index is 12.6. The second-order valence-corrected chi connectivity index (χ2v) is 6.29. The van der Waals surface area contributed by atoms with Gasteiger partial charge in [0.15, 0.2) is 16.9 Å². The van der Waals surface area contributed by atoms with E-state index >= 15 is 0 Å². The molecule has 0 aromatic carbocycles. The highest BCUT2D eigenvalue weighted by molar-refractivity contribution is 7.13. The van der Waals surface area contributed by atoms with Crippen LogP contribution in [0.2, 0.25) is 0 Å². The van der Waals surface area contributed by atoms with Crippen LogP contribution in [0.4, 0.5) is 0 Å². The van der Waals surface area contributed by atoms with E-state index in [1.165, 1.54) is 16.2 Å². The Morgan fingerprint density at radius 2 is 2.17 bits per heavy atom. The molecule has 1 amide bonds. The zero-order valence-electron chi connectivity index (χ0n) is 12.7. The maximum Gasteiger partial charge on any atom is 0.334 e. The summed E-state index contributed by atoms with van der Waals surface area (Å²) in [5.74, 6) is 0.0243. The number of carbonyl (C=O) groups is 2. The van der Waals surface area contributed by atoms with Crippen molar-refractivity contribution in [2.75, 3.05) is 13.1 Å². The van der Waals surface area contributed by atoms with Crippen molar-refractivity contribution in [3.8, 4) is 10.8 Å². The van der Waals surface area contributed by atoms with Gasteiger partial charge in [-0.2, -0.15) is 0 Å². The van der Waals surface area contributed by atoms with Crippen LogP contribution >= 0.6 is 11.3 Å². The Morgan fingerprint density at radius 3 is 2.83 bits per heavy atom. The molecule has 1 saturated heterocycles. The molecule has 2 aromatic rings. The van der Waals surface area contributed by atoms with Gasteiger partial charge in [-0.15, -0.1) is 11.3 Å². The Labute approximate surface area is 136 Å². The number of morpholine rings is 1. The Hall–Kier alpha value is -2.19. The third-order valence-electron chi connectivity index (χ3n) is 3.50. The SMILES string of the molecule is Cc1ccc(-c2nc(C(=O)N3CC(C(=O)O)O[C@H](C)C3)cs2)o1. The third kappa shape index (κ3) is 3.27. The van der Waals surface area contributed by atoms with Gasteiger partial charge in [-0.1, -0.05) is 0 Å². The van der Waals surface area contributed by atoms with E-state index in [1.807, 2.05) is 13.0 Å². The van der Waals surface area contributed by atoms with Gasteiger partial charge in [0, 0.05) is 11.9 Å². The first-order chi connectivity index (χ1) is 10.9. The highest BCUT2D eigenvalue weighted by atomic mass is 32.1. The molecule has 0 radical (unpaired) electrons. The van der Waals surface area contributed by atoms with Crippen LogP contribution in [-0.4, -0.2) is 52.2 Å². The summed E-state index contributed by atoms with van der Waals surface area (Å²) in [7, 11) is 0. The van der Waals surface area contributed by atoms with Crippen molar-refractivity contribution in [3.63, 3.8) is 0 Å². The first-order valence-electron chi connectivity index (χ1n) is 7.14. The summed E-state index contributed by atoms with van der Waals surface area (Å²) in [6, 6.07) is 3.64. The molecule has 7 nitrogen and oxygen atoms in total. The molecule has 1 fully saturated rings. The topological polar surface area (TPSA) is 92.9 Å². The first-order valence-corrected chi connectivity index (χ1v) is 8.02. The van der Waals surface area contributed by atoms with E-state index < -0.39 is 12.1 Å². The van der Waals surface area contributed by atoms with Crippen LogP contribution in [0.5, 0.6) is 0 Å². The highest BCUT2D eigenvalue weighted by Gasteiger charge is 2.33. The predicted octanol–water partition coefficient (Wildman–Crippen LogP) is 2.03. The van der Waals surface area contributed by atoms with E-state index in [1.54, 1.807) is 18.4 Å². The van der Waals surface area contributed by atoms with Crippen molar-refractivity contribution in [1.29, 1.82) is 0 Å². The Balaban J connectivity index is 1.77. The standard InChI is InChI=1S/C15H16N2O5S/c1-8-3-4-11(21-8)13-16-10(7-23-13)14(18)17-5-9(2)22-12(6-17)15(19)20/h3-4,7,9,12H,5-6H2,1-2H3,(H,19,20)/t9-,12?/m1/s1. The molecule has 1 unspecified atom stereocenters. The van der Waals surface area contributed by atoms with Crippen molar-refractivity contribution in [2.24, 2.45) is 0 Å². The number of ether oxygens (including phenoxy) is 1. The van der Waals surface area contributed by atoms with E-state index in [-0.39, 0.29) is 24.2 Å². The zero-order chi connectivity index (χ0) is 16.6. The number of amides is 1. The van der Waals surface area contributed by atoms with Crippen LogP contribution in [0.3, 0.4) is 0 Å². The lowest BCUT2D eigenvalue weighted by Crippen LogP contribution is -2.51. The molecule has 3 heterocycles. The second kappa shape index (κ2) is 6.13. The summed E-state index contributed by atoms with van der Waals surface area (Å²) in [5, 5.41) is 11.4. The van der Waals surface area contributed by atoms with Crippen molar-refractivity contribution in [3.05, 3.63) is 29.0 Å². The fourth-order valence-corrected chi connectivity index (χ4v) is 3.20. The average molecular weight is 336 g/mol. The summed E-state index contributed by atoms with van der Waals surface area (Å²) in [5.41, 5.74) is 0.289. The van der Waals surface area contributed by atoms with E-state index in [4.69, 9.17) is 14.3 Å². The van der Waals surface area contributed by atoms with Crippen LogP contribution in [-0.2, 0) is 9.53 Å². The molecule has 0 saturated carbocycles. The van der Waals surface area contributed by atoms with Crippen LogP contribution in [0.1, 0.15) is 23.2 Å². The van der Waals surface area contributed by atoms with Gasteiger partial charge < -0.3 is 19.2 Å². The Bertz CT molecular complexity index is 738. The van der Waals surface area contributed by atoms with Gasteiger partial charge in [0.25, 0.3) is 5.91 Å². The first kappa shape index (κ1) is 15.7. The van der Waals surface area contributed by atoms with Crippen molar-refractivity contribution in [2.45, 2.75) is 26.1 Å². The molecule has 1 N–H and O–H groups in total. The van der Waals surface area contributed by atoms with Gasteiger partial charge in [0.2, 0.25) is 0 Å². The monoisotopic (exact) mass is 336 g/mol. The molecule has 3 rings (SSSR count). The molecule has 8 heteroatoms. The van der Waals surface area contributed by atoms with Gasteiger partial charge >= 0.3 is 5.97 Å². The quantitative estimate of drug-likeness (QED) is 0.922. The summed E-state index contributed by atoms with van der Waals surface area (Å²) in [6.07, 6.45) is -1.34. The van der Waals surface area contributed by atoms with Crippen molar-refractivity contribution >= 4 is 23.2 Å². The number of carboxylic acids is 1. The number of nitrogens with zero attached hydrogens (tertiary/aromatic N) is 2. The number of hydrogen-bond acceptors (Lipinski definition) is 6. The highest BCUT2D eigenvalue weighted by Crippen LogP contribution is 2.26. The van der Waals surface area contributed by atoms with Gasteiger partial charge in [0.1, 0.15) is 11.5 Å². The van der Waals surface area contributed by atoms with Crippen LogP contribution in [0.25, 0.3) is 10.8 Å². The molecule has 1 aliphatic rings. The largest absolute Gasteiger partial charge is 0.479 e. The minimum Gasteiger partial charge on any atom is -0.479 e. The number of rotatable bonds is 3. The number of thiazole rings is 1.